The van der Waals surface area contributed by atoms with Crippen molar-refractivity contribution in [1.29, 1.82) is 0 Å². The lowest BCUT2D eigenvalue weighted by Crippen LogP contribution is -2.36. The van der Waals surface area contributed by atoms with Crippen molar-refractivity contribution in [3.05, 3.63) is 35.6 Å². The lowest BCUT2D eigenvalue weighted by molar-refractivity contribution is 0.0378. The van der Waals surface area contributed by atoms with Crippen molar-refractivity contribution in [2.24, 2.45) is 0 Å². The normalized spacial score (nSPS) is 12.2. The molecule has 1 rings (SSSR count). The molecule has 1 amide bonds. The van der Waals surface area contributed by atoms with Crippen LogP contribution in [0.1, 0.15) is 10.4 Å². The van der Waals surface area contributed by atoms with E-state index in [4.69, 9.17) is 4.74 Å². The van der Waals surface area contributed by atoms with Gasteiger partial charge in [0.25, 0.3) is 5.91 Å². The smallest absolute Gasteiger partial charge is 0.256 e. The standard InChI is InChI=1S/C12H16FNO3/c1-14(7-9(15)8-17-2)12(16)10-5-3-4-6-11(10)13/h3-6,9,15H,7-8H2,1-2H3. The van der Waals surface area contributed by atoms with E-state index >= 15 is 0 Å². The van der Waals surface area contributed by atoms with Gasteiger partial charge in [-0.1, -0.05) is 12.1 Å². The molecular formula is C12H16FNO3. The monoisotopic (exact) mass is 241 g/mol. The molecule has 0 bridgehead atoms. The highest BCUT2D eigenvalue weighted by Gasteiger charge is 2.17. The summed E-state index contributed by atoms with van der Waals surface area (Å²) in [4.78, 5) is 13.1. The fraction of sp³-hybridized carbons (Fsp3) is 0.417. The molecule has 0 fully saturated rings. The fourth-order valence-corrected chi connectivity index (χ4v) is 1.48. The highest BCUT2D eigenvalue weighted by atomic mass is 19.1. The Morgan fingerprint density at radius 3 is 2.76 bits per heavy atom. The zero-order valence-electron chi connectivity index (χ0n) is 9.89. The van der Waals surface area contributed by atoms with Crippen molar-refractivity contribution < 1.29 is 19.0 Å². The number of aliphatic hydroxyl groups is 1. The van der Waals surface area contributed by atoms with Crippen LogP contribution in [0.15, 0.2) is 24.3 Å². The van der Waals surface area contributed by atoms with Gasteiger partial charge in [-0.3, -0.25) is 4.79 Å². The number of hydrogen-bond donors (Lipinski definition) is 1. The molecule has 1 aromatic rings. The van der Waals surface area contributed by atoms with E-state index in [1.165, 1.54) is 37.3 Å². The van der Waals surface area contributed by atoms with Crippen LogP contribution in [0.3, 0.4) is 0 Å². The number of hydrogen-bond acceptors (Lipinski definition) is 3. The SMILES string of the molecule is COCC(O)CN(C)C(=O)c1ccccc1F. The summed E-state index contributed by atoms with van der Waals surface area (Å²) in [5.74, 6) is -1.02. The lowest BCUT2D eigenvalue weighted by atomic mass is 10.2. The quantitative estimate of drug-likeness (QED) is 0.833. The first-order valence-electron chi connectivity index (χ1n) is 5.23. The van der Waals surface area contributed by atoms with E-state index in [1.807, 2.05) is 0 Å². The summed E-state index contributed by atoms with van der Waals surface area (Å²) in [6.45, 7) is 0.232. The molecule has 0 spiro atoms. The van der Waals surface area contributed by atoms with E-state index in [0.717, 1.165) is 0 Å². The Labute approximate surface area is 99.6 Å². The van der Waals surface area contributed by atoms with Crippen molar-refractivity contribution in [3.63, 3.8) is 0 Å². The van der Waals surface area contributed by atoms with Gasteiger partial charge in [-0.05, 0) is 12.1 Å². The van der Waals surface area contributed by atoms with Gasteiger partial charge >= 0.3 is 0 Å². The summed E-state index contributed by atoms with van der Waals surface area (Å²) in [5, 5.41) is 9.47. The van der Waals surface area contributed by atoms with Gasteiger partial charge in [0.2, 0.25) is 0 Å². The Morgan fingerprint density at radius 2 is 2.18 bits per heavy atom. The van der Waals surface area contributed by atoms with Crippen LogP contribution < -0.4 is 0 Å². The molecule has 0 aliphatic heterocycles. The first-order chi connectivity index (χ1) is 8.06. The Morgan fingerprint density at radius 1 is 1.53 bits per heavy atom. The van der Waals surface area contributed by atoms with Crippen molar-refractivity contribution in [3.8, 4) is 0 Å². The molecule has 0 aromatic heterocycles. The first kappa shape index (κ1) is 13.6. The fourth-order valence-electron chi connectivity index (χ4n) is 1.48. The van der Waals surface area contributed by atoms with Crippen LogP contribution in [0.4, 0.5) is 4.39 Å². The second-order valence-corrected chi connectivity index (χ2v) is 3.77. The van der Waals surface area contributed by atoms with Gasteiger partial charge in [0.15, 0.2) is 0 Å². The minimum atomic E-state index is -0.777. The molecule has 1 unspecified atom stereocenters. The van der Waals surface area contributed by atoms with Crippen molar-refractivity contribution in [1.82, 2.24) is 4.90 Å². The number of carbonyl (C=O) groups is 1. The molecule has 94 valence electrons. The predicted molar refractivity (Wildman–Crippen MR) is 61.2 cm³/mol. The molecule has 1 N–H and O–H groups in total. The average molecular weight is 241 g/mol. The number of benzene rings is 1. The predicted octanol–water partition coefficient (Wildman–Crippen LogP) is 0.905. The van der Waals surface area contributed by atoms with E-state index in [-0.39, 0.29) is 18.7 Å². The van der Waals surface area contributed by atoms with Gasteiger partial charge in [-0.25, -0.2) is 4.39 Å². The molecular weight excluding hydrogens is 225 g/mol. The van der Waals surface area contributed by atoms with Gasteiger partial charge in [-0.2, -0.15) is 0 Å². The molecule has 0 radical (unpaired) electrons. The van der Waals surface area contributed by atoms with Gasteiger partial charge < -0.3 is 14.7 Å². The Hall–Kier alpha value is -1.46. The van der Waals surface area contributed by atoms with Crippen LogP contribution in [0, 0.1) is 5.82 Å². The van der Waals surface area contributed by atoms with Crippen LogP contribution in [-0.4, -0.2) is 49.3 Å². The maximum absolute atomic E-state index is 13.4. The summed E-state index contributed by atoms with van der Waals surface area (Å²) in [7, 11) is 2.97. The summed E-state index contributed by atoms with van der Waals surface area (Å²) in [5.41, 5.74) is -0.000355. The van der Waals surface area contributed by atoms with Crippen LogP contribution in [0.5, 0.6) is 0 Å². The summed E-state index contributed by atoms with van der Waals surface area (Å²) < 4.78 is 18.1. The highest BCUT2D eigenvalue weighted by Crippen LogP contribution is 2.09. The molecule has 5 heteroatoms. The lowest BCUT2D eigenvalue weighted by Gasteiger charge is -2.20. The van der Waals surface area contributed by atoms with E-state index in [9.17, 15) is 14.3 Å². The summed E-state index contributed by atoms with van der Waals surface area (Å²) >= 11 is 0. The van der Waals surface area contributed by atoms with Gasteiger partial charge in [-0.15, -0.1) is 0 Å². The van der Waals surface area contributed by atoms with Crippen molar-refractivity contribution >= 4 is 5.91 Å². The molecule has 0 saturated carbocycles. The topological polar surface area (TPSA) is 49.8 Å². The third-order valence-corrected chi connectivity index (χ3v) is 2.29. The molecule has 0 aliphatic rings. The van der Waals surface area contributed by atoms with Crippen molar-refractivity contribution in [2.75, 3.05) is 27.3 Å². The number of amides is 1. The molecule has 1 atom stereocenters. The van der Waals surface area contributed by atoms with Crippen LogP contribution in [0.2, 0.25) is 0 Å². The molecule has 17 heavy (non-hydrogen) atoms. The Balaban J connectivity index is 2.67. The number of likely N-dealkylation sites (N-methyl/N-ethyl adjacent to an activating group) is 1. The van der Waals surface area contributed by atoms with Crippen LogP contribution >= 0.6 is 0 Å². The van der Waals surface area contributed by atoms with E-state index in [0.29, 0.717) is 0 Å². The van der Waals surface area contributed by atoms with Crippen LogP contribution in [0.25, 0.3) is 0 Å². The zero-order chi connectivity index (χ0) is 12.8. The number of rotatable bonds is 5. The molecule has 0 aliphatic carbocycles. The van der Waals surface area contributed by atoms with Crippen molar-refractivity contribution in [2.45, 2.75) is 6.10 Å². The number of halogens is 1. The Kier molecular flexibility index (Phi) is 5.06. The van der Waals surface area contributed by atoms with E-state index < -0.39 is 17.8 Å². The van der Waals surface area contributed by atoms with Gasteiger partial charge in [0, 0.05) is 20.7 Å². The van der Waals surface area contributed by atoms with E-state index in [2.05, 4.69) is 0 Å². The van der Waals surface area contributed by atoms with E-state index in [1.54, 1.807) is 6.07 Å². The number of nitrogens with zero attached hydrogens (tertiary/aromatic N) is 1. The highest BCUT2D eigenvalue weighted by molar-refractivity contribution is 5.94. The minimum Gasteiger partial charge on any atom is -0.389 e. The Bertz CT molecular complexity index is 384. The molecule has 0 saturated heterocycles. The first-order valence-corrected chi connectivity index (χ1v) is 5.23. The van der Waals surface area contributed by atoms with Crippen LogP contribution in [-0.2, 0) is 4.74 Å². The molecule has 1 aromatic carbocycles. The molecule has 4 nitrogen and oxygen atoms in total. The number of methoxy groups -OCH3 is 1. The maximum Gasteiger partial charge on any atom is 0.256 e. The summed E-state index contributed by atoms with van der Waals surface area (Å²) in [6.07, 6.45) is -0.777. The zero-order valence-corrected chi connectivity index (χ0v) is 9.89. The largest absolute Gasteiger partial charge is 0.389 e. The number of aliphatic hydroxyl groups excluding tert-OH is 1. The molecule has 0 heterocycles. The van der Waals surface area contributed by atoms with Gasteiger partial charge in [0.1, 0.15) is 5.82 Å². The average Bonchev–Trinajstić information content (AvgIpc) is 2.29. The maximum atomic E-state index is 13.4. The summed E-state index contributed by atoms with van der Waals surface area (Å²) in [6, 6.07) is 5.76. The third kappa shape index (κ3) is 3.80. The minimum absolute atomic E-state index is 0.000355. The van der Waals surface area contributed by atoms with Gasteiger partial charge in [0.05, 0.1) is 18.3 Å². The second kappa shape index (κ2) is 6.32. The number of carbonyl (C=O) groups excluding carboxylic acids is 1. The number of ether oxygens (including phenoxy) is 1. The third-order valence-electron chi connectivity index (χ3n) is 2.29. The second-order valence-electron chi connectivity index (χ2n) is 3.77.